The predicted octanol–water partition coefficient (Wildman–Crippen LogP) is 5.19. The lowest BCUT2D eigenvalue weighted by Crippen LogP contribution is -2.43. The van der Waals surface area contributed by atoms with Gasteiger partial charge in [0.1, 0.15) is 5.82 Å². The van der Waals surface area contributed by atoms with Crippen LogP contribution in [-0.4, -0.2) is 116 Å². The number of halogens is 6. The summed E-state index contributed by atoms with van der Waals surface area (Å²) in [6.07, 6.45) is -3.74. The number of piperazine rings is 1. The molecule has 0 radical (unpaired) electrons. The predicted molar refractivity (Wildman–Crippen MR) is 179 cm³/mol. The van der Waals surface area contributed by atoms with Crippen molar-refractivity contribution in [3.8, 4) is 0 Å². The number of aliphatic carboxylic acids is 2. The molecule has 2 aliphatic rings. The molecule has 13 nitrogen and oxygen atoms in total. The van der Waals surface area contributed by atoms with Gasteiger partial charge in [0.15, 0.2) is 0 Å². The topological polar surface area (TPSA) is 169 Å². The fraction of sp³-hybridized carbons (Fsp3) is 0.485. The summed E-state index contributed by atoms with van der Waals surface area (Å²) < 4.78 is 65.5. The number of aromatic nitrogens is 4. The number of carboxylic acid groups (broad SMARTS) is 2. The number of amides is 1. The summed E-state index contributed by atoms with van der Waals surface area (Å²) >= 11 is 0. The van der Waals surface area contributed by atoms with Gasteiger partial charge < -0.3 is 30.7 Å². The molecule has 1 amide bonds. The first kappa shape index (κ1) is 40.0. The molecule has 4 aromatic rings. The van der Waals surface area contributed by atoms with E-state index in [4.69, 9.17) is 24.9 Å². The highest BCUT2D eigenvalue weighted by atomic mass is 19.4. The Morgan fingerprint density at radius 3 is 2.17 bits per heavy atom. The molecule has 0 unspecified atom stereocenters. The van der Waals surface area contributed by atoms with Crippen molar-refractivity contribution in [2.24, 2.45) is 0 Å². The Balaban J connectivity index is 0.000000367. The first-order valence-corrected chi connectivity index (χ1v) is 16.4. The first-order chi connectivity index (χ1) is 24.4. The number of hydrogen-bond donors (Lipinski definition) is 5. The lowest BCUT2D eigenvalue weighted by molar-refractivity contribution is -0.193. The maximum absolute atomic E-state index is 13.2. The van der Waals surface area contributed by atoms with Gasteiger partial charge in [-0.15, -0.1) is 0 Å². The molecule has 6 rings (SSSR count). The molecule has 1 aromatic carbocycles. The van der Waals surface area contributed by atoms with Crippen molar-refractivity contribution < 1.29 is 50.9 Å². The van der Waals surface area contributed by atoms with Crippen molar-refractivity contribution in [2.45, 2.75) is 57.5 Å². The number of fused-ring (bicyclic) bond motifs is 2. The summed E-state index contributed by atoms with van der Waals surface area (Å²) in [5, 5.41) is 27.6. The number of hydrogen-bond acceptors (Lipinski definition) is 8. The van der Waals surface area contributed by atoms with Crippen molar-refractivity contribution in [1.82, 2.24) is 34.9 Å². The van der Waals surface area contributed by atoms with Crippen molar-refractivity contribution >= 4 is 45.5 Å². The highest BCUT2D eigenvalue weighted by Crippen LogP contribution is 2.32. The minimum atomic E-state index is -5.08. The maximum Gasteiger partial charge on any atom is 0.490 e. The Hall–Kier alpha value is -4.75. The van der Waals surface area contributed by atoms with Gasteiger partial charge in [0.2, 0.25) is 0 Å². The number of rotatable bonds is 8. The van der Waals surface area contributed by atoms with E-state index in [9.17, 15) is 31.1 Å². The van der Waals surface area contributed by atoms with Crippen LogP contribution in [0.15, 0.2) is 36.5 Å². The van der Waals surface area contributed by atoms with E-state index in [1.54, 1.807) is 0 Å². The standard InChI is InChI=1S/C29H38N8O.2C2HF3O2/c1-20-23-8-7-21(17-27(23)37(34-20)13-4-3-12-36-14-9-30-10-15-36)29(38)33-28-18-24-22(19-31-28)16-25(32-24)26-6-5-11-35(26)2;2*3-2(4,5)1(6)7/h7-8,16-19,26,30,32H,3-6,9-15H2,1-2H3,(H,31,33,38);2*(H,6,7)/t26-;;/m1../s1. The van der Waals surface area contributed by atoms with E-state index in [-0.39, 0.29) is 5.91 Å². The third-order valence-electron chi connectivity index (χ3n) is 8.63. The zero-order valence-electron chi connectivity index (χ0n) is 28.4. The van der Waals surface area contributed by atoms with Gasteiger partial charge >= 0.3 is 24.3 Å². The number of H-pyrrole nitrogens is 1. The molecule has 0 spiro atoms. The molecule has 284 valence electrons. The Bertz CT molecular complexity index is 1830. The summed E-state index contributed by atoms with van der Waals surface area (Å²) in [4.78, 5) is 44.0. The van der Waals surface area contributed by atoms with E-state index >= 15 is 0 Å². The van der Waals surface area contributed by atoms with Crippen molar-refractivity contribution in [3.63, 3.8) is 0 Å². The molecular weight excluding hydrogens is 702 g/mol. The molecule has 52 heavy (non-hydrogen) atoms. The van der Waals surface area contributed by atoms with Gasteiger partial charge in [-0.2, -0.15) is 31.4 Å². The number of likely N-dealkylation sites (tertiary alicyclic amines) is 1. The number of carboxylic acids is 2. The second-order valence-corrected chi connectivity index (χ2v) is 12.4. The minimum Gasteiger partial charge on any atom is -0.475 e. The second-order valence-electron chi connectivity index (χ2n) is 12.4. The average Bonchev–Trinajstić information content (AvgIpc) is 3.79. The lowest BCUT2D eigenvalue weighted by Gasteiger charge is -2.27. The molecule has 1 atom stereocenters. The van der Waals surface area contributed by atoms with Crippen LogP contribution in [0.25, 0.3) is 21.8 Å². The summed E-state index contributed by atoms with van der Waals surface area (Å²) in [5.74, 6) is -5.13. The van der Waals surface area contributed by atoms with Crippen LogP contribution in [0.1, 0.15) is 53.5 Å². The van der Waals surface area contributed by atoms with Gasteiger partial charge in [0.25, 0.3) is 5.91 Å². The molecule has 2 saturated heterocycles. The number of anilines is 1. The summed E-state index contributed by atoms with van der Waals surface area (Å²) in [6, 6.07) is 10.4. The largest absolute Gasteiger partial charge is 0.490 e. The van der Waals surface area contributed by atoms with E-state index in [0.29, 0.717) is 17.4 Å². The molecule has 2 fully saturated rings. The Morgan fingerprint density at radius 1 is 0.942 bits per heavy atom. The van der Waals surface area contributed by atoms with Crippen LogP contribution in [0.4, 0.5) is 32.2 Å². The monoisotopic (exact) mass is 742 g/mol. The summed E-state index contributed by atoms with van der Waals surface area (Å²) in [5.41, 5.74) is 4.83. The number of nitrogens with zero attached hydrogens (tertiary/aromatic N) is 5. The lowest BCUT2D eigenvalue weighted by atomic mass is 10.1. The normalized spacial score (nSPS) is 17.0. The number of alkyl halides is 6. The smallest absolute Gasteiger partial charge is 0.475 e. The Morgan fingerprint density at radius 2 is 1.58 bits per heavy atom. The van der Waals surface area contributed by atoms with E-state index in [1.165, 1.54) is 12.1 Å². The third-order valence-corrected chi connectivity index (χ3v) is 8.63. The highest BCUT2D eigenvalue weighted by molar-refractivity contribution is 6.06. The molecule has 2 aliphatic heterocycles. The number of carbonyl (C=O) groups is 3. The molecular formula is C33H40F6N8O5. The fourth-order valence-electron chi connectivity index (χ4n) is 5.97. The number of carbonyl (C=O) groups excluding carboxylic acids is 1. The van der Waals surface area contributed by atoms with E-state index in [2.05, 4.69) is 48.2 Å². The van der Waals surface area contributed by atoms with Crippen LogP contribution >= 0.6 is 0 Å². The fourth-order valence-corrected chi connectivity index (χ4v) is 5.97. The number of aromatic amines is 1. The highest BCUT2D eigenvalue weighted by Gasteiger charge is 2.39. The molecule has 19 heteroatoms. The Kier molecular flexibility index (Phi) is 13.2. The van der Waals surface area contributed by atoms with E-state index in [1.807, 2.05) is 37.4 Å². The quantitative estimate of drug-likeness (QED) is 0.120. The zero-order chi connectivity index (χ0) is 38.2. The zero-order valence-corrected chi connectivity index (χ0v) is 28.4. The van der Waals surface area contributed by atoms with Gasteiger partial charge in [-0.25, -0.2) is 14.6 Å². The van der Waals surface area contributed by atoms with Crippen LogP contribution < -0.4 is 10.6 Å². The van der Waals surface area contributed by atoms with E-state index in [0.717, 1.165) is 92.6 Å². The molecule has 0 bridgehead atoms. The minimum absolute atomic E-state index is 0.162. The molecule has 5 N–H and O–H groups in total. The maximum atomic E-state index is 13.2. The van der Waals surface area contributed by atoms with Gasteiger partial charge in [0, 0.05) is 73.1 Å². The third kappa shape index (κ3) is 10.9. The van der Waals surface area contributed by atoms with Gasteiger partial charge in [-0.05, 0) is 70.9 Å². The van der Waals surface area contributed by atoms with Crippen LogP contribution in [0.2, 0.25) is 0 Å². The van der Waals surface area contributed by atoms with Crippen molar-refractivity contribution in [3.05, 3.63) is 53.5 Å². The molecule has 0 saturated carbocycles. The molecule has 0 aliphatic carbocycles. The number of pyridine rings is 1. The van der Waals surface area contributed by atoms with Crippen molar-refractivity contribution in [1.29, 1.82) is 0 Å². The second kappa shape index (κ2) is 17.2. The Labute approximate surface area is 294 Å². The number of benzene rings is 1. The SMILES string of the molecule is Cc1nn(CCCCN2CCNCC2)c2cc(C(=O)Nc3cc4[nH]c([C@H]5CCCN5C)cc4cn3)ccc12.O=C(O)C(F)(F)F.O=C(O)C(F)(F)F. The van der Waals surface area contributed by atoms with Crippen LogP contribution in [-0.2, 0) is 16.1 Å². The van der Waals surface area contributed by atoms with Crippen LogP contribution in [0, 0.1) is 6.92 Å². The van der Waals surface area contributed by atoms with Crippen LogP contribution in [0.3, 0.4) is 0 Å². The van der Waals surface area contributed by atoms with Gasteiger partial charge in [-0.3, -0.25) is 14.4 Å². The van der Waals surface area contributed by atoms with Gasteiger partial charge in [-0.1, -0.05) is 6.07 Å². The number of nitrogens with one attached hydrogen (secondary N) is 3. The molecule has 3 aromatic heterocycles. The first-order valence-electron chi connectivity index (χ1n) is 16.4. The van der Waals surface area contributed by atoms with E-state index < -0.39 is 24.3 Å². The van der Waals surface area contributed by atoms with Crippen LogP contribution in [0.5, 0.6) is 0 Å². The number of aryl methyl sites for hydroxylation is 2. The summed E-state index contributed by atoms with van der Waals surface area (Å²) in [6.45, 7) is 9.57. The average molecular weight is 743 g/mol. The number of unbranched alkanes of at least 4 members (excludes halogenated alkanes) is 1. The summed E-state index contributed by atoms with van der Waals surface area (Å²) in [7, 11) is 2.17. The molecule has 5 heterocycles. The van der Waals surface area contributed by atoms with Gasteiger partial charge in [0.05, 0.1) is 16.7 Å². The van der Waals surface area contributed by atoms with Crippen molar-refractivity contribution in [2.75, 3.05) is 51.6 Å².